The van der Waals surface area contributed by atoms with E-state index < -0.39 is 11.9 Å². The molecule has 2 heterocycles. The third kappa shape index (κ3) is 3.94. The molecule has 2 rings (SSSR count). The Morgan fingerprint density at radius 3 is 3.00 bits per heavy atom. The Morgan fingerprint density at radius 2 is 2.35 bits per heavy atom. The van der Waals surface area contributed by atoms with Crippen LogP contribution in [0.1, 0.15) is 19.3 Å². The second-order valence-electron chi connectivity index (χ2n) is 4.80. The number of carboxylic acid groups (broad SMARTS) is 1. The normalized spacial score (nSPS) is 18.0. The van der Waals surface area contributed by atoms with Crippen LogP contribution in [-0.2, 0) is 9.59 Å². The molecule has 20 heavy (non-hydrogen) atoms. The number of nitrogens with zero attached hydrogens (tertiary/aromatic N) is 2. The van der Waals surface area contributed by atoms with Crippen LogP contribution in [0.3, 0.4) is 0 Å². The van der Waals surface area contributed by atoms with E-state index in [2.05, 4.69) is 4.98 Å². The van der Waals surface area contributed by atoms with Gasteiger partial charge >= 0.3 is 5.97 Å². The molecule has 1 aromatic rings. The summed E-state index contributed by atoms with van der Waals surface area (Å²) < 4.78 is 5.45. The highest BCUT2D eigenvalue weighted by molar-refractivity contribution is 5.78. The molecule has 6 nitrogen and oxygen atoms in total. The van der Waals surface area contributed by atoms with Gasteiger partial charge in [-0.1, -0.05) is 0 Å². The molecular weight excluding hydrogens is 260 g/mol. The van der Waals surface area contributed by atoms with Crippen molar-refractivity contribution in [2.45, 2.75) is 19.3 Å². The van der Waals surface area contributed by atoms with E-state index in [-0.39, 0.29) is 5.91 Å². The van der Waals surface area contributed by atoms with Crippen LogP contribution in [0, 0.1) is 5.92 Å². The van der Waals surface area contributed by atoms with Crippen molar-refractivity contribution in [1.29, 1.82) is 0 Å². The van der Waals surface area contributed by atoms with E-state index in [1.54, 1.807) is 23.4 Å². The summed E-state index contributed by atoms with van der Waals surface area (Å²) in [6, 6.07) is 3.60. The van der Waals surface area contributed by atoms with Crippen molar-refractivity contribution in [1.82, 2.24) is 9.88 Å². The number of hydrogen-bond donors (Lipinski definition) is 1. The molecule has 1 unspecified atom stereocenters. The topological polar surface area (TPSA) is 79.7 Å². The SMILES string of the molecule is O=C(O)C1CCN(C(=O)CCCOc2cccnc2)C1. The minimum atomic E-state index is -0.819. The van der Waals surface area contributed by atoms with Gasteiger partial charge in [0.1, 0.15) is 5.75 Å². The minimum Gasteiger partial charge on any atom is -0.492 e. The molecule has 108 valence electrons. The van der Waals surface area contributed by atoms with Gasteiger partial charge in [-0.15, -0.1) is 0 Å². The fraction of sp³-hybridized carbons (Fsp3) is 0.500. The van der Waals surface area contributed by atoms with E-state index in [9.17, 15) is 9.59 Å². The number of carbonyl (C=O) groups is 2. The Morgan fingerprint density at radius 1 is 1.50 bits per heavy atom. The van der Waals surface area contributed by atoms with Crippen LogP contribution in [0.15, 0.2) is 24.5 Å². The molecule has 1 atom stereocenters. The zero-order valence-corrected chi connectivity index (χ0v) is 11.2. The van der Waals surface area contributed by atoms with Gasteiger partial charge in [0.25, 0.3) is 0 Å². The van der Waals surface area contributed by atoms with Crippen molar-refractivity contribution < 1.29 is 19.4 Å². The molecule has 1 N–H and O–H groups in total. The fourth-order valence-electron chi connectivity index (χ4n) is 2.19. The zero-order chi connectivity index (χ0) is 14.4. The van der Waals surface area contributed by atoms with E-state index in [0.717, 1.165) is 0 Å². The van der Waals surface area contributed by atoms with Crippen LogP contribution >= 0.6 is 0 Å². The summed E-state index contributed by atoms with van der Waals surface area (Å²) in [4.78, 5) is 28.3. The third-order valence-electron chi connectivity index (χ3n) is 3.33. The molecule has 0 bridgehead atoms. The van der Waals surface area contributed by atoms with Gasteiger partial charge < -0.3 is 14.7 Å². The zero-order valence-electron chi connectivity index (χ0n) is 11.2. The molecule has 1 aromatic heterocycles. The first-order valence-corrected chi connectivity index (χ1v) is 6.70. The Kier molecular flexibility index (Phi) is 4.92. The molecule has 0 spiro atoms. The Bertz CT molecular complexity index is 464. The number of amides is 1. The van der Waals surface area contributed by atoms with E-state index in [0.29, 0.717) is 44.7 Å². The summed E-state index contributed by atoms with van der Waals surface area (Å²) in [5, 5.41) is 8.89. The molecule has 1 saturated heterocycles. The molecule has 0 radical (unpaired) electrons. The highest BCUT2D eigenvalue weighted by atomic mass is 16.5. The first-order valence-electron chi connectivity index (χ1n) is 6.70. The van der Waals surface area contributed by atoms with Gasteiger partial charge in [-0.05, 0) is 25.0 Å². The van der Waals surface area contributed by atoms with Gasteiger partial charge in [0, 0.05) is 25.7 Å². The van der Waals surface area contributed by atoms with Crippen molar-refractivity contribution in [3.05, 3.63) is 24.5 Å². The van der Waals surface area contributed by atoms with Gasteiger partial charge in [0.2, 0.25) is 5.91 Å². The van der Waals surface area contributed by atoms with Crippen molar-refractivity contribution >= 4 is 11.9 Å². The monoisotopic (exact) mass is 278 g/mol. The molecular formula is C14H18N2O4. The van der Waals surface area contributed by atoms with Crippen LogP contribution in [0.2, 0.25) is 0 Å². The standard InChI is InChI=1S/C14H18N2O4/c17-13(16-7-5-11(10-16)14(18)19)4-2-8-20-12-3-1-6-15-9-12/h1,3,6,9,11H,2,4-5,7-8,10H2,(H,18,19). The quantitative estimate of drug-likeness (QED) is 0.790. The fourth-order valence-corrected chi connectivity index (χ4v) is 2.19. The van der Waals surface area contributed by atoms with E-state index in [1.165, 1.54) is 0 Å². The number of aliphatic carboxylic acids is 1. The second kappa shape index (κ2) is 6.88. The summed E-state index contributed by atoms with van der Waals surface area (Å²) in [5.41, 5.74) is 0. The van der Waals surface area contributed by atoms with Gasteiger partial charge in [0.15, 0.2) is 0 Å². The molecule has 6 heteroatoms. The van der Waals surface area contributed by atoms with Crippen molar-refractivity contribution in [2.24, 2.45) is 5.92 Å². The number of likely N-dealkylation sites (tertiary alicyclic amines) is 1. The Hall–Kier alpha value is -2.11. The number of pyridine rings is 1. The average Bonchev–Trinajstić information content (AvgIpc) is 2.94. The van der Waals surface area contributed by atoms with Gasteiger partial charge in [-0.3, -0.25) is 14.6 Å². The number of rotatable bonds is 6. The summed E-state index contributed by atoms with van der Waals surface area (Å²) >= 11 is 0. The van der Waals surface area contributed by atoms with Crippen LogP contribution in [0.4, 0.5) is 0 Å². The minimum absolute atomic E-state index is 0.00327. The maximum absolute atomic E-state index is 11.9. The van der Waals surface area contributed by atoms with Crippen molar-refractivity contribution in [3.63, 3.8) is 0 Å². The summed E-state index contributed by atoms with van der Waals surface area (Å²) in [6.45, 7) is 1.32. The first kappa shape index (κ1) is 14.3. The molecule has 0 aromatic carbocycles. The van der Waals surface area contributed by atoms with E-state index in [4.69, 9.17) is 9.84 Å². The molecule has 1 aliphatic heterocycles. The largest absolute Gasteiger partial charge is 0.492 e. The number of hydrogen-bond acceptors (Lipinski definition) is 4. The lowest BCUT2D eigenvalue weighted by molar-refractivity contribution is -0.141. The maximum Gasteiger partial charge on any atom is 0.308 e. The molecule has 1 aliphatic rings. The lowest BCUT2D eigenvalue weighted by Gasteiger charge is -2.15. The maximum atomic E-state index is 11.9. The molecule has 0 saturated carbocycles. The first-order chi connectivity index (χ1) is 9.66. The van der Waals surface area contributed by atoms with E-state index >= 15 is 0 Å². The van der Waals surface area contributed by atoms with Gasteiger partial charge in [0.05, 0.1) is 18.7 Å². The lowest BCUT2D eigenvalue weighted by atomic mass is 10.1. The smallest absolute Gasteiger partial charge is 0.308 e. The Balaban J connectivity index is 1.65. The van der Waals surface area contributed by atoms with Crippen LogP contribution in [0.25, 0.3) is 0 Å². The van der Waals surface area contributed by atoms with Crippen LogP contribution in [0.5, 0.6) is 5.75 Å². The number of carbonyl (C=O) groups excluding carboxylic acids is 1. The number of ether oxygens (including phenoxy) is 1. The van der Waals surface area contributed by atoms with E-state index in [1.807, 2.05) is 6.07 Å². The lowest BCUT2D eigenvalue weighted by Crippen LogP contribution is -2.30. The van der Waals surface area contributed by atoms with Gasteiger partial charge in [-0.2, -0.15) is 0 Å². The second-order valence-corrected chi connectivity index (χ2v) is 4.80. The summed E-state index contributed by atoms with van der Waals surface area (Å²) in [7, 11) is 0. The highest BCUT2D eigenvalue weighted by Gasteiger charge is 2.30. The predicted octanol–water partition coefficient (Wildman–Crippen LogP) is 1.17. The average molecular weight is 278 g/mol. The number of carboxylic acids is 1. The van der Waals surface area contributed by atoms with Gasteiger partial charge in [-0.25, -0.2) is 0 Å². The third-order valence-corrected chi connectivity index (χ3v) is 3.33. The van der Waals surface area contributed by atoms with Crippen molar-refractivity contribution in [3.8, 4) is 5.75 Å². The summed E-state index contributed by atoms with van der Waals surface area (Å²) in [5.74, 6) is -0.540. The Labute approximate surface area is 117 Å². The molecule has 1 amide bonds. The number of aromatic nitrogens is 1. The highest BCUT2D eigenvalue weighted by Crippen LogP contribution is 2.17. The van der Waals surface area contributed by atoms with Crippen LogP contribution in [-0.4, -0.2) is 46.6 Å². The summed E-state index contributed by atoms with van der Waals surface area (Å²) in [6.07, 6.45) is 4.84. The van der Waals surface area contributed by atoms with Crippen molar-refractivity contribution in [2.75, 3.05) is 19.7 Å². The molecule has 1 fully saturated rings. The molecule has 0 aliphatic carbocycles. The predicted molar refractivity (Wildman–Crippen MR) is 71.3 cm³/mol. The van der Waals surface area contributed by atoms with Crippen LogP contribution < -0.4 is 4.74 Å².